The van der Waals surface area contributed by atoms with Crippen molar-refractivity contribution in [2.75, 3.05) is 30.5 Å². The lowest BCUT2D eigenvalue weighted by atomic mass is 10.1. The van der Waals surface area contributed by atoms with Crippen molar-refractivity contribution >= 4 is 17.3 Å². The van der Waals surface area contributed by atoms with E-state index < -0.39 is 0 Å². The topological polar surface area (TPSA) is 50.8 Å². The third kappa shape index (κ3) is 4.69. The number of para-hydroxylation sites is 2. The first-order valence-electron chi connectivity index (χ1n) is 9.71. The van der Waals surface area contributed by atoms with Crippen LogP contribution in [-0.4, -0.2) is 26.2 Å². The van der Waals surface area contributed by atoms with E-state index in [0.717, 1.165) is 29.2 Å². The van der Waals surface area contributed by atoms with Gasteiger partial charge in [-0.3, -0.25) is 4.79 Å². The maximum Gasteiger partial charge on any atom is 0.228 e. The van der Waals surface area contributed by atoms with Gasteiger partial charge in [0.15, 0.2) is 11.5 Å². The normalized spacial score (nSPS) is 12.3. The Labute approximate surface area is 170 Å². The summed E-state index contributed by atoms with van der Waals surface area (Å²) in [6.45, 7) is 1.85. The lowest BCUT2D eigenvalue weighted by molar-refractivity contribution is -0.115. The average Bonchev–Trinajstić information content (AvgIpc) is 2.74. The first-order chi connectivity index (χ1) is 14.2. The molecule has 1 N–H and O–H groups in total. The van der Waals surface area contributed by atoms with E-state index in [9.17, 15) is 4.79 Å². The number of benzene rings is 3. The van der Waals surface area contributed by atoms with E-state index in [-0.39, 0.29) is 12.3 Å². The molecule has 4 rings (SSSR count). The number of carbonyl (C=O) groups is 1. The van der Waals surface area contributed by atoms with Crippen LogP contribution < -0.4 is 19.7 Å². The van der Waals surface area contributed by atoms with Crippen LogP contribution in [0.5, 0.6) is 11.5 Å². The highest BCUT2D eigenvalue weighted by atomic mass is 16.6. The molecule has 1 aliphatic heterocycles. The van der Waals surface area contributed by atoms with Crippen molar-refractivity contribution in [2.24, 2.45) is 0 Å². The third-order valence-electron chi connectivity index (χ3n) is 4.82. The Morgan fingerprint density at radius 1 is 0.897 bits per heavy atom. The molecule has 0 aromatic heterocycles. The standard InChI is InChI=1S/C24H24N2O3/c1-26(17-18-7-3-2-4-8-18)21-10-6-5-9-20(21)25-24(27)16-19-11-12-22-23(15-19)29-14-13-28-22/h2-12,15H,13-14,16-17H2,1H3,(H,25,27). The molecule has 0 unspecified atom stereocenters. The van der Waals surface area contributed by atoms with Crippen LogP contribution in [0.15, 0.2) is 72.8 Å². The monoisotopic (exact) mass is 388 g/mol. The minimum atomic E-state index is -0.0674. The summed E-state index contributed by atoms with van der Waals surface area (Å²) in [5.41, 5.74) is 3.88. The zero-order chi connectivity index (χ0) is 20.1. The molecule has 1 heterocycles. The van der Waals surface area contributed by atoms with Crippen molar-refractivity contribution in [2.45, 2.75) is 13.0 Å². The van der Waals surface area contributed by atoms with Gasteiger partial charge in [0.1, 0.15) is 13.2 Å². The second-order valence-electron chi connectivity index (χ2n) is 7.06. The van der Waals surface area contributed by atoms with Gasteiger partial charge in [0.2, 0.25) is 5.91 Å². The van der Waals surface area contributed by atoms with Crippen molar-refractivity contribution in [1.29, 1.82) is 0 Å². The summed E-state index contributed by atoms with van der Waals surface area (Å²) in [7, 11) is 2.03. The van der Waals surface area contributed by atoms with E-state index in [4.69, 9.17) is 9.47 Å². The van der Waals surface area contributed by atoms with Crippen molar-refractivity contribution in [3.63, 3.8) is 0 Å². The molecule has 1 amide bonds. The molecule has 0 fully saturated rings. The van der Waals surface area contributed by atoms with E-state index >= 15 is 0 Å². The lowest BCUT2D eigenvalue weighted by Gasteiger charge is -2.23. The summed E-state index contributed by atoms with van der Waals surface area (Å²) in [4.78, 5) is 14.8. The van der Waals surface area contributed by atoms with E-state index in [0.29, 0.717) is 19.0 Å². The van der Waals surface area contributed by atoms with Gasteiger partial charge in [-0.05, 0) is 35.4 Å². The smallest absolute Gasteiger partial charge is 0.228 e. The van der Waals surface area contributed by atoms with E-state index in [1.54, 1.807) is 0 Å². The average molecular weight is 388 g/mol. The van der Waals surface area contributed by atoms with Crippen LogP contribution in [-0.2, 0) is 17.8 Å². The summed E-state index contributed by atoms with van der Waals surface area (Å²) < 4.78 is 11.1. The second kappa shape index (κ2) is 8.69. The minimum absolute atomic E-state index is 0.0674. The van der Waals surface area contributed by atoms with Crippen molar-refractivity contribution < 1.29 is 14.3 Å². The summed E-state index contributed by atoms with van der Waals surface area (Å²) in [5.74, 6) is 1.36. The van der Waals surface area contributed by atoms with Crippen LogP contribution in [0, 0.1) is 0 Å². The molecule has 29 heavy (non-hydrogen) atoms. The minimum Gasteiger partial charge on any atom is -0.486 e. The highest BCUT2D eigenvalue weighted by molar-refractivity contribution is 5.95. The Bertz CT molecular complexity index is 988. The maximum absolute atomic E-state index is 12.7. The summed E-state index contributed by atoms with van der Waals surface area (Å²) in [6, 6.07) is 23.8. The molecule has 0 bridgehead atoms. The molecule has 3 aromatic rings. The van der Waals surface area contributed by atoms with Crippen molar-refractivity contribution in [3.05, 3.63) is 83.9 Å². The van der Waals surface area contributed by atoms with Crippen LogP contribution in [0.25, 0.3) is 0 Å². The van der Waals surface area contributed by atoms with Crippen LogP contribution in [0.1, 0.15) is 11.1 Å². The Morgan fingerprint density at radius 3 is 2.45 bits per heavy atom. The zero-order valence-corrected chi connectivity index (χ0v) is 16.4. The Hall–Kier alpha value is -3.47. The molecule has 148 valence electrons. The first kappa shape index (κ1) is 18.9. The largest absolute Gasteiger partial charge is 0.486 e. The highest BCUT2D eigenvalue weighted by Crippen LogP contribution is 2.31. The Morgan fingerprint density at radius 2 is 1.62 bits per heavy atom. The number of fused-ring (bicyclic) bond motifs is 1. The summed E-state index contributed by atoms with van der Waals surface area (Å²) in [5, 5.41) is 3.05. The fourth-order valence-electron chi connectivity index (χ4n) is 3.43. The number of hydrogen-bond donors (Lipinski definition) is 1. The van der Waals surface area contributed by atoms with Crippen molar-refractivity contribution in [1.82, 2.24) is 0 Å². The molecule has 0 saturated heterocycles. The zero-order valence-electron chi connectivity index (χ0n) is 16.4. The van der Waals surface area contributed by atoms with Crippen molar-refractivity contribution in [3.8, 4) is 11.5 Å². The predicted octanol–water partition coefficient (Wildman–Crippen LogP) is 4.28. The van der Waals surface area contributed by atoms with Gasteiger partial charge in [-0.25, -0.2) is 0 Å². The van der Waals surface area contributed by atoms with Gasteiger partial charge in [-0.2, -0.15) is 0 Å². The maximum atomic E-state index is 12.7. The van der Waals surface area contributed by atoms with Crippen LogP contribution in [0.4, 0.5) is 11.4 Å². The van der Waals surface area contributed by atoms with Gasteiger partial charge < -0.3 is 19.7 Å². The molecular formula is C24H24N2O3. The molecule has 5 heteroatoms. The van der Waals surface area contributed by atoms with Crippen LogP contribution in [0.3, 0.4) is 0 Å². The number of hydrogen-bond acceptors (Lipinski definition) is 4. The first-order valence-corrected chi connectivity index (χ1v) is 9.71. The third-order valence-corrected chi connectivity index (χ3v) is 4.82. The molecule has 0 radical (unpaired) electrons. The SMILES string of the molecule is CN(Cc1ccccc1)c1ccccc1NC(=O)Cc1ccc2c(c1)OCCO2. The molecule has 0 spiro atoms. The van der Waals surface area contributed by atoms with Crippen LogP contribution >= 0.6 is 0 Å². The summed E-state index contributed by atoms with van der Waals surface area (Å²) in [6.07, 6.45) is 0.271. The number of anilines is 2. The Kier molecular flexibility index (Phi) is 5.66. The number of nitrogens with zero attached hydrogens (tertiary/aromatic N) is 1. The number of rotatable bonds is 6. The highest BCUT2D eigenvalue weighted by Gasteiger charge is 2.15. The molecule has 1 aliphatic rings. The molecule has 0 aliphatic carbocycles. The molecule has 3 aromatic carbocycles. The Balaban J connectivity index is 1.44. The predicted molar refractivity (Wildman–Crippen MR) is 115 cm³/mol. The van der Waals surface area contributed by atoms with E-state index in [1.807, 2.05) is 67.7 Å². The van der Waals surface area contributed by atoms with Gasteiger partial charge in [-0.1, -0.05) is 48.5 Å². The van der Waals surface area contributed by atoms with Gasteiger partial charge in [0.25, 0.3) is 0 Å². The van der Waals surface area contributed by atoms with Crippen LogP contribution in [0.2, 0.25) is 0 Å². The van der Waals surface area contributed by atoms with E-state index in [2.05, 4.69) is 22.3 Å². The number of ether oxygens (including phenoxy) is 2. The van der Waals surface area contributed by atoms with E-state index in [1.165, 1.54) is 5.56 Å². The van der Waals surface area contributed by atoms with Gasteiger partial charge in [0, 0.05) is 13.6 Å². The molecule has 5 nitrogen and oxygen atoms in total. The number of carbonyl (C=O) groups excluding carboxylic acids is 1. The second-order valence-corrected chi connectivity index (χ2v) is 7.06. The lowest BCUT2D eigenvalue weighted by Crippen LogP contribution is -2.21. The van der Waals surface area contributed by atoms with Gasteiger partial charge >= 0.3 is 0 Å². The number of nitrogens with one attached hydrogen (secondary N) is 1. The summed E-state index contributed by atoms with van der Waals surface area (Å²) >= 11 is 0. The number of amides is 1. The fourth-order valence-corrected chi connectivity index (χ4v) is 3.43. The van der Waals surface area contributed by atoms with Gasteiger partial charge in [0.05, 0.1) is 17.8 Å². The quantitative estimate of drug-likeness (QED) is 0.685. The molecule has 0 saturated carbocycles. The fraction of sp³-hybridized carbons (Fsp3) is 0.208. The van der Waals surface area contributed by atoms with Gasteiger partial charge in [-0.15, -0.1) is 0 Å². The molecule has 0 atom stereocenters. The molecular weight excluding hydrogens is 364 g/mol.